The zero-order chi connectivity index (χ0) is 10.5. The van der Waals surface area contributed by atoms with Crippen LogP contribution in [0.2, 0.25) is 0 Å². The molecule has 1 aliphatic carbocycles. The quantitative estimate of drug-likeness (QED) is 0.414. The molecule has 0 radical (unpaired) electrons. The molecular weight excluding hydrogens is 247 g/mol. The van der Waals surface area contributed by atoms with E-state index in [0.717, 1.165) is 26.3 Å². The molecule has 0 aromatic rings. The van der Waals surface area contributed by atoms with Gasteiger partial charge in [0.05, 0.1) is 19.3 Å². The third-order valence-electron chi connectivity index (χ3n) is 3.14. The summed E-state index contributed by atoms with van der Waals surface area (Å²) in [4.78, 5) is 6.74. The lowest BCUT2D eigenvalue weighted by Crippen LogP contribution is -2.39. The van der Waals surface area contributed by atoms with E-state index >= 15 is 0 Å². The topological polar surface area (TPSA) is 24.8 Å². The van der Waals surface area contributed by atoms with Gasteiger partial charge in [-0.2, -0.15) is 0 Å². The highest BCUT2D eigenvalue weighted by Crippen LogP contribution is 2.21. The van der Waals surface area contributed by atoms with Gasteiger partial charge in [0.2, 0.25) is 0 Å². The molecule has 0 bridgehead atoms. The van der Waals surface area contributed by atoms with Crippen molar-refractivity contribution in [3.05, 3.63) is 0 Å². The zero-order valence-electron chi connectivity index (χ0n) is 9.53. The summed E-state index contributed by atoms with van der Waals surface area (Å²) in [6, 6.07) is 0.467. The van der Waals surface area contributed by atoms with Crippen LogP contribution in [-0.4, -0.2) is 42.5 Å². The van der Waals surface area contributed by atoms with Crippen molar-refractivity contribution in [1.82, 2.24) is 4.90 Å². The molecule has 16 heavy (non-hydrogen) atoms. The van der Waals surface area contributed by atoms with E-state index in [1.807, 2.05) is 0 Å². The van der Waals surface area contributed by atoms with Crippen LogP contribution >= 0.6 is 24.0 Å². The van der Waals surface area contributed by atoms with Crippen molar-refractivity contribution in [3.63, 3.8) is 0 Å². The number of amidine groups is 1. The number of hydrogen-bond acceptors (Lipinski definition) is 2. The van der Waals surface area contributed by atoms with Crippen LogP contribution in [0.15, 0.2) is 4.99 Å². The van der Waals surface area contributed by atoms with E-state index in [9.17, 15) is 0 Å². The Morgan fingerprint density at radius 2 is 1.75 bits per heavy atom. The Balaban J connectivity index is 0.00000128. The van der Waals surface area contributed by atoms with Crippen molar-refractivity contribution in [2.45, 2.75) is 38.1 Å². The SMILES string of the molecule is Cl.ClC(=NC1CCCCC1)N1CCOCC1. The van der Waals surface area contributed by atoms with Gasteiger partial charge >= 0.3 is 0 Å². The van der Waals surface area contributed by atoms with E-state index in [4.69, 9.17) is 16.3 Å². The number of ether oxygens (including phenoxy) is 1. The number of hydrogen-bond donors (Lipinski definition) is 0. The normalized spacial score (nSPS) is 24.1. The van der Waals surface area contributed by atoms with Gasteiger partial charge in [-0.1, -0.05) is 19.3 Å². The fourth-order valence-electron chi connectivity index (χ4n) is 2.19. The molecular formula is C11H20Cl2N2O. The standard InChI is InChI=1S/C11H19ClN2O.ClH/c12-11(14-6-8-15-9-7-14)13-10-4-2-1-3-5-10;/h10H,1-9H2;1H. The maximum Gasteiger partial charge on any atom is 0.194 e. The summed E-state index contributed by atoms with van der Waals surface area (Å²) in [5.74, 6) is 0. The number of halogens is 2. The van der Waals surface area contributed by atoms with E-state index < -0.39 is 0 Å². The monoisotopic (exact) mass is 266 g/mol. The molecule has 1 saturated carbocycles. The van der Waals surface area contributed by atoms with Crippen molar-refractivity contribution < 1.29 is 4.74 Å². The van der Waals surface area contributed by atoms with E-state index in [2.05, 4.69) is 9.89 Å². The third kappa shape index (κ3) is 4.11. The smallest absolute Gasteiger partial charge is 0.194 e. The Hall–Kier alpha value is 0.01000. The Labute approximate surface area is 109 Å². The average Bonchev–Trinajstić information content (AvgIpc) is 2.31. The van der Waals surface area contributed by atoms with Crippen molar-refractivity contribution in [2.75, 3.05) is 26.3 Å². The van der Waals surface area contributed by atoms with Crippen LogP contribution in [0.4, 0.5) is 0 Å². The zero-order valence-corrected chi connectivity index (χ0v) is 11.1. The first kappa shape index (κ1) is 14.1. The minimum absolute atomic E-state index is 0. The van der Waals surface area contributed by atoms with Crippen molar-refractivity contribution >= 4 is 29.3 Å². The second kappa shape index (κ2) is 7.36. The van der Waals surface area contributed by atoms with E-state index in [-0.39, 0.29) is 12.4 Å². The van der Waals surface area contributed by atoms with Crippen molar-refractivity contribution in [3.8, 4) is 0 Å². The molecule has 1 aliphatic heterocycles. The van der Waals surface area contributed by atoms with Crippen LogP contribution in [0, 0.1) is 0 Å². The maximum absolute atomic E-state index is 6.21. The number of morpholine rings is 1. The summed E-state index contributed by atoms with van der Waals surface area (Å²) in [7, 11) is 0. The molecule has 1 saturated heterocycles. The fraction of sp³-hybridized carbons (Fsp3) is 0.909. The highest BCUT2D eigenvalue weighted by molar-refractivity contribution is 6.64. The minimum atomic E-state index is 0. The summed E-state index contributed by atoms with van der Waals surface area (Å²) in [6.45, 7) is 3.32. The Bertz CT molecular complexity index is 224. The molecule has 2 aliphatic rings. The average molecular weight is 267 g/mol. The highest BCUT2D eigenvalue weighted by Gasteiger charge is 2.17. The Kier molecular flexibility index (Phi) is 6.47. The molecule has 0 unspecified atom stereocenters. The van der Waals surface area contributed by atoms with Gasteiger partial charge < -0.3 is 9.64 Å². The van der Waals surface area contributed by atoms with Crippen LogP contribution in [-0.2, 0) is 4.74 Å². The predicted octanol–water partition coefficient (Wildman–Crippen LogP) is 2.67. The minimum Gasteiger partial charge on any atom is -0.378 e. The van der Waals surface area contributed by atoms with Crippen LogP contribution < -0.4 is 0 Å². The third-order valence-corrected chi connectivity index (χ3v) is 3.47. The summed E-state index contributed by atoms with van der Waals surface area (Å²) in [5, 5.41) is 0.699. The van der Waals surface area contributed by atoms with Gasteiger partial charge in [0, 0.05) is 13.1 Å². The second-order valence-corrected chi connectivity index (χ2v) is 4.63. The van der Waals surface area contributed by atoms with Gasteiger partial charge in [0.25, 0.3) is 0 Å². The van der Waals surface area contributed by atoms with Crippen molar-refractivity contribution in [2.24, 2.45) is 4.99 Å². The van der Waals surface area contributed by atoms with Gasteiger partial charge in [0.15, 0.2) is 5.29 Å². The van der Waals surface area contributed by atoms with Gasteiger partial charge in [-0.3, -0.25) is 4.99 Å². The molecule has 2 fully saturated rings. The molecule has 0 aromatic carbocycles. The summed E-state index contributed by atoms with van der Waals surface area (Å²) < 4.78 is 5.28. The number of nitrogens with zero attached hydrogens (tertiary/aromatic N) is 2. The molecule has 0 amide bonds. The highest BCUT2D eigenvalue weighted by atomic mass is 35.5. The van der Waals surface area contributed by atoms with Crippen LogP contribution in [0.1, 0.15) is 32.1 Å². The molecule has 0 spiro atoms. The van der Waals surface area contributed by atoms with Crippen LogP contribution in [0.25, 0.3) is 0 Å². The Morgan fingerprint density at radius 3 is 2.38 bits per heavy atom. The lowest BCUT2D eigenvalue weighted by atomic mass is 9.96. The summed E-state index contributed by atoms with van der Waals surface area (Å²) in [6.07, 6.45) is 6.39. The lowest BCUT2D eigenvalue weighted by molar-refractivity contribution is 0.0689. The first-order valence-corrected chi connectivity index (χ1v) is 6.30. The van der Waals surface area contributed by atoms with Crippen molar-refractivity contribution in [1.29, 1.82) is 0 Å². The second-order valence-electron chi connectivity index (χ2n) is 4.29. The lowest BCUT2D eigenvalue weighted by Gasteiger charge is -2.28. The first-order valence-electron chi connectivity index (χ1n) is 5.92. The van der Waals surface area contributed by atoms with E-state index in [0.29, 0.717) is 11.3 Å². The van der Waals surface area contributed by atoms with E-state index in [1.54, 1.807) is 0 Å². The maximum atomic E-state index is 6.21. The summed E-state index contributed by atoms with van der Waals surface area (Å²) in [5.41, 5.74) is 0. The summed E-state index contributed by atoms with van der Waals surface area (Å²) >= 11 is 6.21. The van der Waals surface area contributed by atoms with Crippen LogP contribution in [0.5, 0.6) is 0 Å². The first-order chi connectivity index (χ1) is 7.36. The van der Waals surface area contributed by atoms with Crippen LogP contribution in [0.3, 0.4) is 0 Å². The molecule has 0 N–H and O–H groups in total. The van der Waals surface area contributed by atoms with Gasteiger partial charge in [0.1, 0.15) is 0 Å². The van der Waals surface area contributed by atoms with E-state index in [1.165, 1.54) is 32.1 Å². The molecule has 5 heteroatoms. The molecule has 2 rings (SSSR count). The van der Waals surface area contributed by atoms with Gasteiger partial charge in [-0.15, -0.1) is 12.4 Å². The Morgan fingerprint density at radius 1 is 1.12 bits per heavy atom. The largest absolute Gasteiger partial charge is 0.378 e. The number of rotatable bonds is 1. The predicted molar refractivity (Wildman–Crippen MR) is 69.8 cm³/mol. The van der Waals surface area contributed by atoms with Gasteiger partial charge in [-0.25, -0.2) is 0 Å². The molecule has 1 heterocycles. The molecule has 94 valence electrons. The molecule has 3 nitrogen and oxygen atoms in total. The van der Waals surface area contributed by atoms with Gasteiger partial charge in [-0.05, 0) is 24.4 Å². The molecule has 0 atom stereocenters. The molecule has 0 aromatic heterocycles. The number of aliphatic imine (C=N–C) groups is 1. The fourth-order valence-corrected chi connectivity index (χ4v) is 2.50.